The second-order valence-corrected chi connectivity index (χ2v) is 8.45. The fraction of sp³-hybridized carbons (Fsp3) is 0.500. The molecule has 0 aliphatic carbocycles. The summed E-state index contributed by atoms with van der Waals surface area (Å²) in [6.45, 7) is 4.47. The molecule has 0 bridgehead atoms. The predicted molar refractivity (Wildman–Crippen MR) is 112 cm³/mol. The number of carbonyl (C=O) groups is 1. The van der Waals surface area contributed by atoms with Crippen molar-refractivity contribution in [2.75, 3.05) is 13.2 Å². The molecule has 3 N–H and O–H groups in total. The van der Waals surface area contributed by atoms with Gasteiger partial charge in [0.2, 0.25) is 0 Å². The van der Waals surface area contributed by atoms with Crippen LogP contribution in [0.25, 0.3) is 0 Å². The summed E-state index contributed by atoms with van der Waals surface area (Å²) in [6.07, 6.45) is 4.96. The summed E-state index contributed by atoms with van der Waals surface area (Å²) in [6, 6.07) is 12.1. The van der Waals surface area contributed by atoms with Crippen molar-refractivity contribution in [3.8, 4) is 5.75 Å². The normalized spacial score (nSPS) is 13.3. The summed E-state index contributed by atoms with van der Waals surface area (Å²) in [4.78, 5) is 14.4. The molecule has 5 heteroatoms. The van der Waals surface area contributed by atoms with E-state index in [9.17, 15) is 9.90 Å². The number of nitrogens with two attached hydrogens (primary N) is 1. The minimum Gasteiger partial charge on any atom is -0.494 e. The first kappa shape index (κ1) is 21.6. The summed E-state index contributed by atoms with van der Waals surface area (Å²) in [5, 5.41) is 9.22. The first-order valence-electron chi connectivity index (χ1n) is 9.67. The van der Waals surface area contributed by atoms with Crippen molar-refractivity contribution < 1.29 is 14.6 Å². The predicted octanol–water partition coefficient (Wildman–Crippen LogP) is 4.38. The molecule has 1 atom stereocenters. The van der Waals surface area contributed by atoms with E-state index < -0.39 is 5.54 Å². The first-order valence-corrected chi connectivity index (χ1v) is 10.5. The van der Waals surface area contributed by atoms with E-state index in [2.05, 4.69) is 12.1 Å². The molecule has 27 heavy (non-hydrogen) atoms. The van der Waals surface area contributed by atoms with Gasteiger partial charge in [-0.1, -0.05) is 12.1 Å². The Morgan fingerprint density at radius 1 is 1.15 bits per heavy atom. The van der Waals surface area contributed by atoms with Crippen molar-refractivity contribution in [2.24, 2.45) is 5.73 Å². The van der Waals surface area contributed by atoms with Gasteiger partial charge in [-0.25, -0.2) is 0 Å². The summed E-state index contributed by atoms with van der Waals surface area (Å²) < 4.78 is 5.45. The van der Waals surface area contributed by atoms with E-state index in [1.807, 2.05) is 38.1 Å². The number of hydrogen-bond donors (Lipinski definition) is 2. The highest BCUT2D eigenvalue weighted by molar-refractivity contribution is 7.14. The standard InChI is InChI=1S/C22H31NO3S/c1-3-26-18-10-8-17(9-11-18)6-4-5-7-20(25)21-13-12-19(27-21)14-15-22(2,23)16-24/h8-13,24H,3-7,14-16,23H2,1-2H3. The van der Waals surface area contributed by atoms with Crippen LogP contribution in [-0.2, 0) is 12.8 Å². The van der Waals surface area contributed by atoms with Gasteiger partial charge in [0.05, 0.1) is 18.1 Å². The van der Waals surface area contributed by atoms with Crippen molar-refractivity contribution in [3.05, 3.63) is 51.7 Å². The van der Waals surface area contributed by atoms with Gasteiger partial charge in [-0.05, 0) is 75.8 Å². The van der Waals surface area contributed by atoms with Crippen molar-refractivity contribution in [3.63, 3.8) is 0 Å². The second kappa shape index (κ2) is 10.6. The third kappa shape index (κ3) is 7.45. The number of aliphatic hydroxyl groups is 1. The molecule has 1 unspecified atom stereocenters. The fourth-order valence-corrected chi connectivity index (χ4v) is 3.78. The number of benzene rings is 1. The highest BCUT2D eigenvalue weighted by atomic mass is 32.1. The van der Waals surface area contributed by atoms with E-state index in [0.29, 0.717) is 19.4 Å². The largest absolute Gasteiger partial charge is 0.494 e. The van der Waals surface area contributed by atoms with Gasteiger partial charge < -0.3 is 15.6 Å². The van der Waals surface area contributed by atoms with Gasteiger partial charge >= 0.3 is 0 Å². The average molecular weight is 390 g/mol. The van der Waals surface area contributed by atoms with Gasteiger partial charge in [-0.3, -0.25) is 4.79 Å². The molecule has 1 heterocycles. The number of ether oxygens (including phenoxy) is 1. The van der Waals surface area contributed by atoms with Gasteiger partial charge in [-0.15, -0.1) is 11.3 Å². The van der Waals surface area contributed by atoms with Crippen molar-refractivity contribution in [1.29, 1.82) is 0 Å². The van der Waals surface area contributed by atoms with Crippen LogP contribution in [0.15, 0.2) is 36.4 Å². The Labute approximate surface area is 166 Å². The van der Waals surface area contributed by atoms with Crippen LogP contribution in [-0.4, -0.2) is 29.6 Å². The lowest BCUT2D eigenvalue weighted by Gasteiger charge is -2.20. The number of hydrogen-bond acceptors (Lipinski definition) is 5. The summed E-state index contributed by atoms with van der Waals surface area (Å²) in [7, 11) is 0. The molecular formula is C22H31NO3S. The molecule has 2 aromatic rings. The van der Waals surface area contributed by atoms with Crippen LogP contribution in [0.1, 0.15) is 59.6 Å². The average Bonchev–Trinajstić information content (AvgIpc) is 3.14. The summed E-state index contributed by atoms with van der Waals surface area (Å²) in [5.74, 6) is 1.12. The number of Topliss-reactive ketones (excluding diaryl/α,β-unsaturated/α-hetero) is 1. The SMILES string of the molecule is CCOc1ccc(CCCCC(=O)c2ccc(CCC(C)(N)CO)s2)cc1. The third-order valence-corrected chi connectivity index (χ3v) is 5.78. The van der Waals surface area contributed by atoms with Crippen molar-refractivity contribution in [2.45, 2.75) is 57.9 Å². The molecule has 0 amide bonds. The quantitative estimate of drug-likeness (QED) is 0.417. The molecule has 148 valence electrons. The zero-order valence-electron chi connectivity index (χ0n) is 16.4. The lowest BCUT2D eigenvalue weighted by atomic mass is 9.98. The third-order valence-electron chi connectivity index (χ3n) is 4.59. The number of thiophene rings is 1. The Morgan fingerprint density at radius 3 is 2.56 bits per heavy atom. The zero-order valence-corrected chi connectivity index (χ0v) is 17.2. The monoisotopic (exact) mass is 389 g/mol. The van der Waals surface area contributed by atoms with Gasteiger partial charge in [0, 0.05) is 16.8 Å². The maximum Gasteiger partial charge on any atom is 0.172 e. The van der Waals surface area contributed by atoms with Crippen LogP contribution in [0.5, 0.6) is 5.75 Å². The van der Waals surface area contributed by atoms with Gasteiger partial charge in [0.25, 0.3) is 0 Å². The maximum atomic E-state index is 12.4. The van der Waals surface area contributed by atoms with E-state index >= 15 is 0 Å². The molecule has 0 aliphatic heterocycles. The number of aryl methyl sites for hydroxylation is 2. The van der Waals surface area contributed by atoms with Crippen LogP contribution in [0.3, 0.4) is 0 Å². The van der Waals surface area contributed by atoms with Gasteiger partial charge in [-0.2, -0.15) is 0 Å². The molecule has 0 aliphatic rings. The van der Waals surface area contributed by atoms with E-state index in [1.54, 1.807) is 11.3 Å². The molecule has 1 aromatic carbocycles. The van der Waals surface area contributed by atoms with Crippen molar-refractivity contribution >= 4 is 17.1 Å². The highest BCUT2D eigenvalue weighted by Gasteiger charge is 2.17. The minimum absolute atomic E-state index is 0.0292. The molecule has 0 fully saturated rings. The molecule has 0 spiro atoms. The Kier molecular flexibility index (Phi) is 8.48. The minimum atomic E-state index is -0.560. The number of ketones is 1. The number of aliphatic hydroxyl groups excluding tert-OH is 1. The van der Waals surface area contributed by atoms with Crippen LogP contribution < -0.4 is 10.5 Å². The Morgan fingerprint density at radius 2 is 1.89 bits per heavy atom. The van der Waals surface area contributed by atoms with E-state index in [1.165, 1.54) is 5.56 Å². The second-order valence-electron chi connectivity index (χ2n) is 7.29. The van der Waals surface area contributed by atoms with Crippen LogP contribution in [0.2, 0.25) is 0 Å². The summed E-state index contributed by atoms with van der Waals surface area (Å²) in [5.41, 5.74) is 6.68. The molecule has 2 rings (SSSR count). The first-order chi connectivity index (χ1) is 12.9. The van der Waals surface area contributed by atoms with Crippen LogP contribution in [0, 0.1) is 0 Å². The zero-order chi connectivity index (χ0) is 19.7. The maximum absolute atomic E-state index is 12.4. The molecule has 0 saturated carbocycles. The Hall–Kier alpha value is -1.69. The number of carbonyl (C=O) groups excluding carboxylic acids is 1. The molecule has 0 radical (unpaired) electrons. The highest BCUT2D eigenvalue weighted by Crippen LogP contribution is 2.22. The van der Waals surface area contributed by atoms with E-state index in [-0.39, 0.29) is 12.4 Å². The molecule has 0 saturated heterocycles. The van der Waals surface area contributed by atoms with Gasteiger partial charge in [0.1, 0.15) is 5.75 Å². The lowest BCUT2D eigenvalue weighted by Crippen LogP contribution is -2.40. The smallest absolute Gasteiger partial charge is 0.172 e. The van der Waals surface area contributed by atoms with E-state index in [0.717, 1.165) is 41.2 Å². The molecular weight excluding hydrogens is 358 g/mol. The molecule has 4 nitrogen and oxygen atoms in total. The van der Waals surface area contributed by atoms with Gasteiger partial charge in [0.15, 0.2) is 5.78 Å². The number of unbranched alkanes of at least 4 members (excludes halogenated alkanes) is 1. The number of rotatable bonds is 12. The molecule has 1 aromatic heterocycles. The Bertz CT molecular complexity index is 707. The van der Waals surface area contributed by atoms with Crippen LogP contribution >= 0.6 is 11.3 Å². The lowest BCUT2D eigenvalue weighted by molar-refractivity contribution is 0.0983. The Balaban J connectivity index is 1.71. The topological polar surface area (TPSA) is 72.5 Å². The van der Waals surface area contributed by atoms with Crippen LogP contribution in [0.4, 0.5) is 0 Å². The fourth-order valence-electron chi connectivity index (χ4n) is 2.81. The van der Waals surface area contributed by atoms with Crippen molar-refractivity contribution in [1.82, 2.24) is 0 Å². The summed E-state index contributed by atoms with van der Waals surface area (Å²) >= 11 is 1.55. The van der Waals surface area contributed by atoms with E-state index in [4.69, 9.17) is 10.5 Å².